The molecular formula is C13H12ClF2N3O. The lowest BCUT2D eigenvalue weighted by atomic mass is 10.3. The van der Waals surface area contributed by atoms with Gasteiger partial charge in [0.2, 0.25) is 0 Å². The molecule has 0 aliphatic heterocycles. The zero-order valence-corrected chi connectivity index (χ0v) is 11.4. The second-order valence-electron chi connectivity index (χ2n) is 3.85. The van der Waals surface area contributed by atoms with Crippen molar-refractivity contribution in [3.8, 4) is 0 Å². The molecule has 0 bridgehead atoms. The first kappa shape index (κ1) is 14.6. The summed E-state index contributed by atoms with van der Waals surface area (Å²) in [6.07, 6.45) is 0. The lowest BCUT2D eigenvalue weighted by molar-refractivity contribution is 0.128. The highest BCUT2D eigenvalue weighted by Gasteiger charge is 2.10. The van der Waals surface area contributed by atoms with E-state index in [0.29, 0.717) is 12.4 Å². The van der Waals surface area contributed by atoms with Crippen LogP contribution in [0.2, 0.25) is 5.15 Å². The van der Waals surface area contributed by atoms with Crippen LogP contribution in [0.4, 0.5) is 20.3 Å². The second-order valence-corrected chi connectivity index (χ2v) is 4.24. The van der Waals surface area contributed by atoms with E-state index in [4.69, 9.17) is 16.3 Å². The number of para-hydroxylation sites is 1. The Labute approximate surface area is 119 Å². The van der Waals surface area contributed by atoms with Gasteiger partial charge < -0.3 is 10.1 Å². The van der Waals surface area contributed by atoms with Gasteiger partial charge in [0.1, 0.15) is 34.9 Å². The second kappa shape index (κ2) is 6.58. The fourth-order valence-electron chi connectivity index (χ4n) is 1.53. The largest absolute Gasteiger partial charge is 0.374 e. The molecule has 2 aromatic rings. The van der Waals surface area contributed by atoms with E-state index in [2.05, 4.69) is 15.3 Å². The van der Waals surface area contributed by atoms with Crippen LogP contribution >= 0.6 is 11.6 Å². The number of aromatic nitrogens is 2. The Balaban J connectivity index is 2.27. The van der Waals surface area contributed by atoms with Crippen LogP contribution < -0.4 is 5.32 Å². The SMILES string of the molecule is CCOCc1nc(Cl)cc(Nc2c(F)cccc2F)n1. The number of hydrogen-bond acceptors (Lipinski definition) is 4. The molecule has 0 aliphatic carbocycles. The quantitative estimate of drug-likeness (QED) is 0.855. The van der Waals surface area contributed by atoms with Gasteiger partial charge in [-0.05, 0) is 19.1 Å². The third-order valence-corrected chi connectivity index (χ3v) is 2.59. The summed E-state index contributed by atoms with van der Waals surface area (Å²) < 4.78 is 32.2. The van der Waals surface area contributed by atoms with Gasteiger partial charge in [-0.3, -0.25) is 0 Å². The topological polar surface area (TPSA) is 47.0 Å². The number of ether oxygens (including phenoxy) is 1. The van der Waals surface area contributed by atoms with Gasteiger partial charge in [0.05, 0.1) is 0 Å². The number of benzene rings is 1. The van der Waals surface area contributed by atoms with E-state index < -0.39 is 11.6 Å². The summed E-state index contributed by atoms with van der Waals surface area (Å²) in [5.74, 6) is -0.903. The van der Waals surface area contributed by atoms with E-state index >= 15 is 0 Å². The molecule has 0 radical (unpaired) electrons. The van der Waals surface area contributed by atoms with E-state index in [1.807, 2.05) is 6.92 Å². The number of halogens is 3. The van der Waals surface area contributed by atoms with Crippen molar-refractivity contribution < 1.29 is 13.5 Å². The van der Waals surface area contributed by atoms with Gasteiger partial charge >= 0.3 is 0 Å². The van der Waals surface area contributed by atoms with E-state index in [1.165, 1.54) is 12.1 Å². The Morgan fingerprint density at radius 1 is 1.25 bits per heavy atom. The minimum absolute atomic E-state index is 0.161. The maximum atomic E-state index is 13.5. The predicted octanol–water partition coefficient (Wildman–Crippen LogP) is 3.69. The van der Waals surface area contributed by atoms with Crippen molar-refractivity contribution >= 4 is 23.1 Å². The molecule has 1 aromatic carbocycles. The summed E-state index contributed by atoms with van der Waals surface area (Å²) in [7, 11) is 0. The molecule has 0 spiro atoms. The standard InChI is InChI=1S/C13H12ClF2N3O/c1-2-20-7-12-17-10(14)6-11(18-12)19-13-8(15)4-3-5-9(13)16/h3-6H,2,7H2,1H3,(H,17,18,19). The van der Waals surface area contributed by atoms with Crippen molar-refractivity contribution in [2.45, 2.75) is 13.5 Å². The van der Waals surface area contributed by atoms with Crippen molar-refractivity contribution in [1.29, 1.82) is 0 Å². The first-order chi connectivity index (χ1) is 9.60. The zero-order valence-electron chi connectivity index (χ0n) is 10.7. The summed E-state index contributed by atoms with van der Waals surface area (Å²) in [6.45, 7) is 2.50. The van der Waals surface area contributed by atoms with Gasteiger partial charge in [-0.25, -0.2) is 18.7 Å². The van der Waals surface area contributed by atoms with Gasteiger partial charge in [-0.2, -0.15) is 0 Å². The average molecular weight is 300 g/mol. The number of nitrogens with zero attached hydrogens (tertiary/aromatic N) is 2. The fraction of sp³-hybridized carbons (Fsp3) is 0.231. The molecule has 0 saturated heterocycles. The highest BCUT2D eigenvalue weighted by Crippen LogP contribution is 2.23. The van der Waals surface area contributed by atoms with Gasteiger partial charge in [0.15, 0.2) is 5.82 Å². The highest BCUT2D eigenvalue weighted by molar-refractivity contribution is 6.29. The number of nitrogens with one attached hydrogen (secondary N) is 1. The predicted molar refractivity (Wildman–Crippen MR) is 72.0 cm³/mol. The third-order valence-electron chi connectivity index (χ3n) is 2.39. The molecule has 0 saturated carbocycles. The van der Waals surface area contributed by atoms with Crippen LogP contribution in [0.1, 0.15) is 12.7 Å². The number of hydrogen-bond donors (Lipinski definition) is 1. The average Bonchev–Trinajstić information content (AvgIpc) is 2.40. The molecular weight excluding hydrogens is 288 g/mol. The molecule has 106 valence electrons. The van der Waals surface area contributed by atoms with Crippen molar-refractivity contribution in [3.05, 3.63) is 46.9 Å². The van der Waals surface area contributed by atoms with Crippen molar-refractivity contribution in [2.24, 2.45) is 0 Å². The maximum absolute atomic E-state index is 13.5. The minimum Gasteiger partial charge on any atom is -0.374 e. The van der Waals surface area contributed by atoms with Crippen LogP contribution in [0.25, 0.3) is 0 Å². The highest BCUT2D eigenvalue weighted by atomic mass is 35.5. The van der Waals surface area contributed by atoms with Crippen LogP contribution in [0, 0.1) is 11.6 Å². The number of anilines is 2. The van der Waals surface area contributed by atoms with Crippen LogP contribution in [-0.4, -0.2) is 16.6 Å². The van der Waals surface area contributed by atoms with Crippen LogP contribution in [-0.2, 0) is 11.3 Å². The lowest BCUT2D eigenvalue weighted by Crippen LogP contribution is -2.04. The molecule has 0 amide bonds. The molecule has 0 unspecified atom stereocenters. The lowest BCUT2D eigenvalue weighted by Gasteiger charge is -2.09. The molecule has 0 fully saturated rings. The molecule has 1 heterocycles. The maximum Gasteiger partial charge on any atom is 0.158 e. The van der Waals surface area contributed by atoms with Crippen molar-refractivity contribution in [2.75, 3.05) is 11.9 Å². The molecule has 2 rings (SSSR count). The third kappa shape index (κ3) is 3.61. The van der Waals surface area contributed by atoms with Gasteiger partial charge in [-0.15, -0.1) is 0 Å². The summed E-state index contributed by atoms with van der Waals surface area (Å²) in [4.78, 5) is 8.04. The minimum atomic E-state index is -0.717. The molecule has 0 atom stereocenters. The van der Waals surface area contributed by atoms with Crippen molar-refractivity contribution in [1.82, 2.24) is 9.97 Å². The van der Waals surface area contributed by atoms with Crippen LogP contribution in [0.3, 0.4) is 0 Å². The van der Waals surface area contributed by atoms with Gasteiger partial charge in [-0.1, -0.05) is 17.7 Å². The van der Waals surface area contributed by atoms with Gasteiger partial charge in [0.25, 0.3) is 0 Å². The van der Waals surface area contributed by atoms with Crippen molar-refractivity contribution in [3.63, 3.8) is 0 Å². The molecule has 1 aromatic heterocycles. The first-order valence-corrected chi connectivity index (χ1v) is 6.30. The molecule has 7 heteroatoms. The molecule has 0 aliphatic rings. The van der Waals surface area contributed by atoms with Gasteiger partial charge in [0, 0.05) is 12.7 Å². The fourth-order valence-corrected chi connectivity index (χ4v) is 1.73. The van der Waals surface area contributed by atoms with Crippen LogP contribution in [0.15, 0.2) is 24.3 Å². The zero-order chi connectivity index (χ0) is 14.5. The Morgan fingerprint density at radius 2 is 1.95 bits per heavy atom. The summed E-state index contributed by atoms with van der Waals surface area (Å²) >= 11 is 5.84. The summed E-state index contributed by atoms with van der Waals surface area (Å²) in [5.41, 5.74) is -0.287. The number of rotatable bonds is 5. The van der Waals surface area contributed by atoms with E-state index in [1.54, 1.807) is 0 Å². The molecule has 20 heavy (non-hydrogen) atoms. The Kier molecular flexibility index (Phi) is 4.81. The summed E-state index contributed by atoms with van der Waals surface area (Å²) in [6, 6.07) is 4.96. The van der Waals surface area contributed by atoms with E-state index in [-0.39, 0.29) is 23.3 Å². The smallest absolute Gasteiger partial charge is 0.158 e. The summed E-state index contributed by atoms with van der Waals surface area (Å²) in [5, 5.41) is 2.72. The normalized spacial score (nSPS) is 10.6. The monoisotopic (exact) mass is 299 g/mol. The first-order valence-electron chi connectivity index (χ1n) is 5.92. The molecule has 4 nitrogen and oxygen atoms in total. The van der Waals surface area contributed by atoms with E-state index in [0.717, 1.165) is 12.1 Å². The Hall–Kier alpha value is -1.79. The Bertz CT molecular complexity index is 590. The van der Waals surface area contributed by atoms with Crippen LogP contribution in [0.5, 0.6) is 0 Å². The Morgan fingerprint density at radius 3 is 2.60 bits per heavy atom. The molecule has 1 N–H and O–H groups in total. The van der Waals surface area contributed by atoms with E-state index in [9.17, 15) is 8.78 Å².